The third kappa shape index (κ3) is 2.36. The van der Waals surface area contributed by atoms with Gasteiger partial charge in [0.2, 0.25) is 0 Å². The van der Waals surface area contributed by atoms with E-state index in [0.717, 1.165) is 5.75 Å². The summed E-state index contributed by atoms with van der Waals surface area (Å²) in [7, 11) is 0. The monoisotopic (exact) mass is 249 g/mol. The molecule has 2 amide bonds. The van der Waals surface area contributed by atoms with Crippen LogP contribution in [0.5, 0.6) is 0 Å². The maximum Gasteiger partial charge on any atom is 0.271 e. The fourth-order valence-electron chi connectivity index (χ4n) is 1.54. The average Bonchev–Trinajstić information content (AvgIpc) is 2.49. The molecule has 1 aromatic rings. The number of hydrogen-bond acceptors (Lipinski definition) is 3. The van der Waals surface area contributed by atoms with Crippen LogP contribution in [0.1, 0.15) is 41.5 Å². The zero-order valence-corrected chi connectivity index (χ0v) is 11.0. The zero-order chi connectivity index (χ0) is 12.6. The van der Waals surface area contributed by atoms with Gasteiger partial charge in [-0.1, -0.05) is 32.9 Å². The van der Waals surface area contributed by atoms with E-state index in [9.17, 15) is 9.59 Å². The van der Waals surface area contributed by atoms with Crippen LogP contribution in [0.15, 0.2) is 24.3 Å². The van der Waals surface area contributed by atoms with E-state index in [0.29, 0.717) is 11.1 Å². The zero-order valence-electron chi connectivity index (χ0n) is 10.2. The molecule has 0 N–H and O–H groups in total. The fourth-order valence-corrected chi connectivity index (χ4v) is 2.49. The number of carbonyl (C=O) groups is 2. The first-order valence-corrected chi connectivity index (χ1v) is 6.45. The van der Waals surface area contributed by atoms with Gasteiger partial charge in [-0.2, -0.15) is 0 Å². The number of benzene rings is 1. The van der Waals surface area contributed by atoms with Gasteiger partial charge in [0.1, 0.15) is 0 Å². The molecule has 3 nitrogen and oxygen atoms in total. The molecule has 90 valence electrons. The molecule has 0 aromatic heterocycles. The Bertz CT molecular complexity index is 442. The SMILES string of the molecule is CC(C)(C)CSN1C(=O)c2ccccc2C1=O. The van der Waals surface area contributed by atoms with Gasteiger partial charge < -0.3 is 0 Å². The molecule has 0 bridgehead atoms. The first kappa shape index (κ1) is 12.2. The van der Waals surface area contributed by atoms with Crippen LogP contribution in [-0.2, 0) is 0 Å². The number of imide groups is 1. The smallest absolute Gasteiger partial charge is 0.268 e. The highest BCUT2D eigenvalue weighted by Crippen LogP contribution is 2.31. The van der Waals surface area contributed by atoms with Crippen LogP contribution in [0, 0.1) is 5.41 Å². The summed E-state index contributed by atoms with van der Waals surface area (Å²) in [6, 6.07) is 6.96. The largest absolute Gasteiger partial charge is 0.271 e. The highest BCUT2D eigenvalue weighted by Gasteiger charge is 2.36. The van der Waals surface area contributed by atoms with Crippen molar-refractivity contribution in [2.75, 3.05) is 5.75 Å². The van der Waals surface area contributed by atoms with E-state index >= 15 is 0 Å². The Morgan fingerprint density at radius 3 is 1.94 bits per heavy atom. The quantitative estimate of drug-likeness (QED) is 0.597. The molecule has 0 unspecified atom stereocenters. The Hall–Kier alpha value is -1.29. The summed E-state index contributed by atoms with van der Waals surface area (Å²) in [5.74, 6) is 0.345. The van der Waals surface area contributed by atoms with E-state index < -0.39 is 0 Å². The van der Waals surface area contributed by atoms with Gasteiger partial charge in [0.25, 0.3) is 11.8 Å². The Morgan fingerprint density at radius 2 is 1.53 bits per heavy atom. The maximum absolute atomic E-state index is 12.0. The van der Waals surface area contributed by atoms with E-state index in [1.807, 2.05) is 0 Å². The summed E-state index contributed by atoms with van der Waals surface area (Å²) in [6.07, 6.45) is 0. The highest BCUT2D eigenvalue weighted by atomic mass is 32.2. The predicted octanol–water partition coefficient (Wildman–Crippen LogP) is 2.98. The molecule has 0 aliphatic carbocycles. The number of hydrogen-bond donors (Lipinski definition) is 0. The van der Waals surface area contributed by atoms with Crippen molar-refractivity contribution in [3.63, 3.8) is 0 Å². The van der Waals surface area contributed by atoms with Crippen molar-refractivity contribution in [1.29, 1.82) is 0 Å². The van der Waals surface area contributed by atoms with E-state index in [-0.39, 0.29) is 17.2 Å². The summed E-state index contributed by atoms with van der Waals surface area (Å²) < 4.78 is 1.27. The maximum atomic E-state index is 12.0. The molecule has 1 aliphatic rings. The van der Waals surface area contributed by atoms with Crippen molar-refractivity contribution in [3.05, 3.63) is 35.4 Å². The molecule has 0 spiro atoms. The van der Waals surface area contributed by atoms with Crippen molar-refractivity contribution in [1.82, 2.24) is 4.31 Å². The lowest BCUT2D eigenvalue weighted by Gasteiger charge is -2.20. The third-order valence-electron chi connectivity index (χ3n) is 2.38. The molecule has 0 radical (unpaired) electrons. The molecule has 0 saturated heterocycles. The van der Waals surface area contributed by atoms with E-state index in [1.54, 1.807) is 24.3 Å². The molecule has 0 fully saturated rings. The predicted molar refractivity (Wildman–Crippen MR) is 68.9 cm³/mol. The Kier molecular flexibility index (Phi) is 3.00. The number of nitrogens with zero attached hydrogens (tertiary/aromatic N) is 1. The van der Waals surface area contributed by atoms with Crippen molar-refractivity contribution < 1.29 is 9.59 Å². The van der Waals surface area contributed by atoms with Crippen LogP contribution in [0.25, 0.3) is 0 Å². The minimum Gasteiger partial charge on any atom is -0.268 e. The molecule has 0 atom stereocenters. The van der Waals surface area contributed by atoms with Crippen LogP contribution in [-0.4, -0.2) is 21.9 Å². The van der Waals surface area contributed by atoms with Gasteiger partial charge in [-0.3, -0.25) is 9.59 Å². The van der Waals surface area contributed by atoms with Gasteiger partial charge in [0.15, 0.2) is 0 Å². The van der Waals surface area contributed by atoms with Crippen molar-refractivity contribution in [2.45, 2.75) is 20.8 Å². The number of carbonyl (C=O) groups excluding carboxylic acids is 2. The van der Waals surface area contributed by atoms with Crippen LogP contribution < -0.4 is 0 Å². The molecule has 1 aliphatic heterocycles. The molecular formula is C13H15NO2S. The highest BCUT2D eigenvalue weighted by molar-refractivity contribution is 7.98. The Balaban J connectivity index is 2.19. The first-order valence-electron chi connectivity index (χ1n) is 5.51. The number of rotatable bonds is 2. The lowest BCUT2D eigenvalue weighted by molar-refractivity contribution is 0.0776. The Morgan fingerprint density at radius 1 is 1.06 bits per heavy atom. The summed E-state index contributed by atoms with van der Waals surface area (Å²) in [6.45, 7) is 6.24. The molecule has 1 heterocycles. The van der Waals surface area contributed by atoms with E-state index in [1.165, 1.54) is 16.3 Å². The Labute approximate surface area is 105 Å². The van der Waals surface area contributed by atoms with Crippen LogP contribution >= 0.6 is 11.9 Å². The van der Waals surface area contributed by atoms with Gasteiger partial charge in [-0.05, 0) is 29.5 Å². The summed E-state index contributed by atoms with van der Waals surface area (Å²) in [5, 5.41) is 0. The number of amides is 2. The van der Waals surface area contributed by atoms with Gasteiger partial charge in [-0.25, -0.2) is 4.31 Å². The van der Waals surface area contributed by atoms with Crippen molar-refractivity contribution >= 4 is 23.8 Å². The van der Waals surface area contributed by atoms with E-state index in [2.05, 4.69) is 20.8 Å². The second-order valence-electron chi connectivity index (χ2n) is 5.28. The lowest BCUT2D eigenvalue weighted by Crippen LogP contribution is -2.25. The molecule has 17 heavy (non-hydrogen) atoms. The standard InChI is InChI=1S/C13H15NO2S/c1-13(2,3)8-17-14-11(15)9-6-4-5-7-10(9)12(14)16/h4-7H,8H2,1-3H3. The molecule has 1 aromatic carbocycles. The van der Waals surface area contributed by atoms with Gasteiger partial charge in [0, 0.05) is 5.75 Å². The topological polar surface area (TPSA) is 37.4 Å². The van der Waals surface area contributed by atoms with Crippen molar-refractivity contribution in [2.24, 2.45) is 5.41 Å². The number of fused-ring (bicyclic) bond motifs is 1. The molecule has 4 heteroatoms. The minimum atomic E-state index is -0.195. The summed E-state index contributed by atoms with van der Waals surface area (Å²) >= 11 is 1.30. The minimum absolute atomic E-state index is 0.0833. The van der Waals surface area contributed by atoms with Crippen LogP contribution in [0.3, 0.4) is 0 Å². The molecular weight excluding hydrogens is 234 g/mol. The van der Waals surface area contributed by atoms with Gasteiger partial charge >= 0.3 is 0 Å². The van der Waals surface area contributed by atoms with Crippen LogP contribution in [0.2, 0.25) is 0 Å². The van der Waals surface area contributed by atoms with Gasteiger partial charge in [0.05, 0.1) is 11.1 Å². The molecule has 2 rings (SSSR count). The van der Waals surface area contributed by atoms with E-state index in [4.69, 9.17) is 0 Å². The second kappa shape index (κ2) is 4.18. The first-order chi connectivity index (χ1) is 7.90. The summed E-state index contributed by atoms with van der Waals surface area (Å²) in [4.78, 5) is 24.0. The second-order valence-corrected chi connectivity index (χ2v) is 6.20. The molecule has 0 saturated carbocycles. The van der Waals surface area contributed by atoms with Crippen molar-refractivity contribution in [3.8, 4) is 0 Å². The average molecular weight is 249 g/mol. The van der Waals surface area contributed by atoms with Crippen LogP contribution in [0.4, 0.5) is 0 Å². The van der Waals surface area contributed by atoms with Gasteiger partial charge in [-0.15, -0.1) is 0 Å². The normalized spacial score (nSPS) is 15.4. The third-order valence-corrected chi connectivity index (χ3v) is 3.97. The lowest BCUT2D eigenvalue weighted by atomic mass is 10.0. The summed E-state index contributed by atoms with van der Waals surface area (Å²) in [5.41, 5.74) is 1.11. The fraction of sp³-hybridized carbons (Fsp3) is 0.385.